The molecule has 0 spiro atoms. The van der Waals surface area contributed by atoms with E-state index < -0.39 is 10.0 Å². The first kappa shape index (κ1) is 14.9. The van der Waals surface area contributed by atoms with Crippen LogP contribution in [0.4, 0.5) is 0 Å². The number of nitrogens with zero attached hydrogens (tertiary/aromatic N) is 1. The first-order chi connectivity index (χ1) is 10.6. The number of nitrogens with one attached hydrogen (secondary N) is 1. The van der Waals surface area contributed by atoms with Crippen LogP contribution in [0.25, 0.3) is 0 Å². The minimum atomic E-state index is -3.67. The van der Waals surface area contributed by atoms with Crippen LogP contribution in [0.3, 0.4) is 0 Å². The number of fused-ring (bicyclic) bond motifs is 1. The molecule has 0 aliphatic carbocycles. The van der Waals surface area contributed by atoms with Crippen LogP contribution in [0, 0.1) is 0 Å². The molecule has 1 heterocycles. The Kier molecular flexibility index (Phi) is 4.04. The molecule has 0 radical (unpaired) electrons. The highest BCUT2D eigenvalue weighted by atomic mass is 79.9. The van der Waals surface area contributed by atoms with Crippen LogP contribution in [0.15, 0.2) is 56.9 Å². The predicted molar refractivity (Wildman–Crippen MR) is 84.6 cm³/mol. The number of hydrogen-bond donors (Lipinski definition) is 1. The summed E-state index contributed by atoms with van der Waals surface area (Å²) in [4.78, 5) is 2.32. The molecular weight excluding hydrogens is 372 g/mol. The Morgan fingerprint density at radius 3 is 2.55 bits per heavy atom. The number of ether oxygens (including phenoxy) is 2. The highest BCUT2D eigenvalue weighted by Gasteiger charge is 2.16. The van der Waals surface area contributed by atoms with Gasteiger partial charge in [0.2, 0.25) is 6.79 Å². The van der Waals surface area contributed by atoms with Gasteiger partial charge in [0, 0.05) is 10.0 Å². The van der Waals surface area contributed by atoms with E-state index in [4.69, 9.17) is 9.47 Å². The van der Waals surface area contributed by atoms with Gasteiger partial charge in [-0.25, -0.2) is 4.83 Å². The van der Waals surface area contributed by atoms with E-state index in [9.17, 15) is 8.42 Å². The van der Waals surface area contributed by atoms with Gasteiger partial charge in [-0.05, 0) is 40.2 Å². The van der Waals surface area contributed by atoms with E-state index in [-0.39, 0.29) is 11.7 Å². The van der Waals surface area contributed by atoms with E-state index in [1.54, 1.807) is 30.3 Å². The van der Waals surface area contributed by atoms with Gasteiger partial charge < -0.3 is 9.47 Å². The summed E-state index contributed by atoms with van der Waals surface area (Å²) in [5.74, 6) is 1.23. The molecule has 0 atom stereocenters. The van der Waals surface area contributed by atoms with Crippen molar-refractivity contribution in [2.75, 3.05) is 6.79 Å². The number of hydrogen-bond acceptors (Lipinski definition) is 5. The Balaban J connectivity index is 1.78. The van der Waals surface area contributed by atoms with E-state index in [1.807, 2.05) is 0 Å². The fraction of sp³-hybridized carbons (Fsp3) is 0.0714. The maximum atomic E-state index is 12.0. The molecule has 114 valence electrons. The lowest BCUT2D eigenvalue weighted by Gasteiger charge is -2.04. The molecule has 2 aromatic carbocycles. The van der Waals surface area contributed by atoms with E-state index in [0.717, 1.165) is 4.47 Å². The summed E-state index contributed by atoms with van der Waals surface area (Å²) >= 11 is 3.37. The van der Waals surface area contributed by atoms with Gasteiger partial charge in [0.15, 0.2) is 11.5 Å². The summed E-state index contributed by atoms with van der Waals surface area (Å²) in [5, 5.41) is 3.79. The summed E-state index contributed by atoms with van der Waals surface area (Å²) < 4.78 is 35.3. The molecule has 22 heavy (non-hydrogen) atoms. The number of sulfonamides is 1. The minimum Gasteiger partial charge on any atom is -0.454 e. The number of benzene rings is 2. The predicted octanol–water partition coefficient (Wildman–Crippen LogP) is 2.49. The molecule has 3 rings (SSSR count). The van der Waals surface area contributed by atoms with E-state index in [0.29, 0.717) is 17.1 Å². The lowest BCUT2D eigenvalue weighted by atomic mass is 10.2. The fourth-order valence-electron chi connectivity index (χ4n) is 1.85. The molecule has 0 aromatic heterocycles. The van der Waals surface area contributed by atoms with Gasteiger partial charge in [-0.3, -0.25) is 0 Å². The Morgan fingerprint density at radius 1 is 1.14 bits per heavy atom. The number of rotatable bonds is 4. The molecular formula is C14H11BrN2O4S. The molecule has 1 aliphatic rings. The van der Waals surface area contributed by atoms with Crippen molar-refractivity contribution in [2.24, 2.45) is 5.10 Å². The molecule has 1 aliphatic heterocycles. The molecule has 1 N–H and O–H groups in total. The van der Waals surface area contributed by atoms with Crippen LogP contribution in [0.2, 0.25) is 0 Å². The second-order valence-electron chi connectivity index (χ2n) is 4.39. The third-order valence-corrected chi connectivity index (χ3v) is 4.85. The van der Waals surface area contributed by atoms with Gasteiger partial charge in [0.1, 0.15) is 0 Å². The van der Waals surface area contributed by atoms with Crippen molar-refractivity contribution in [3.8, 4) is 11.5 Å². The third kappa shape index (κ3) is 3.07. The Bertz CT molecular complexity index is 822. The van der Waals surface area contributed by atoms with Crippen molar-refractivity contribution in [2.45, 2.75) is 4.90 Å². The Morgan fingerprint density at radius 2 is 1.82 bits per heavy atom. The Labute approximate surface area is 135 Å². The molecule has 0 bridgehead atoms. The van der Waals surface area contributed by atoms with Crippen molar-refractivity contribution in [3.05, 3.63) is 52.5 Å². The monoisotopic (exact) mass is 382 g/mol. The average Bonchev–Trinajstić information content (AvgIpc) is 2.95. The first-order valence-corrected chi connectivity index (χ1v) is 8.53. The molecule has 0 unspecified atom stereocenters. The normalized spacial score (nSPS) is 13.5. The van der Waals surface area contributed by atoms with Crippen molar-refractivity contribution in [1.29, 1.82) is 0 Å². The molecule has 0 saturated carbocycles. The quantitative estimate of drug-likeness (QED) is 0.650. The maximum Gasteiger partial charge on any atom is 0.276 e. The van der Waals surface area contributed by atoms with Gasteiger partial charge in [-0.1, -0.05) is 18.2 Å². The number of halogens is 1. The maximum absolute atomic E-state index is 12.0. The summed E-state index contributed by atoms with van der Waals surface area (Å²) in [6, 6.07) is 11.5. The topological polar surface area (TPSA) is 77.0 Å². The van der Waals surface area contributed by atoms with E-state index in [1.165, 1.54) is 18.3 Å². The van der Waals surface area contributed by atoms with Crippen LogP contribution in [-0.4, -0.2) is 21.4 Å². The van der Waals surface area contributed by atoms with Crippen molar-refractivity contribution in [3.63, 3.8) is 0 Å². The summed E-state index contributed by atoms with van der Waals surface area (Å²) in [7, 11) is -3.67. The summed E-state index contributed by atoms with van der Waals surface area (Å²) in [6.07, 6.45) is 1.40. The zero-order valence-electron chi connectivity index (χ0n) is 11.2. The van der Waals surface area contributed by atoms with Gasteiger partial charge in [-0.15, -0.1) is 0 Å². The molecule has 2 aromatic rings. The van der Waals surface area contributed by atoms with E-state index in [2.05, 4.69) is 25.9 Å². The van der Waals surface area contributed by atoms with Gasteiger partial charge in [-0.2, -0.15) is 13.5 Å². The van der Waals surface area contributed by atoms with Crippen LogP contribution >= 0.6 is 15.9 Å². The second kappa shape index (κ2) is 5.98. The largest absolute Gasteiger partial charge is 0.454 e. The molecule has 0 amide bonds. The van der Waals surface area contributed by atoms with Crippen LogP contribution in [0.1, 0.15) is 5.56 Å². The summed E-state index contributed by atoms with van der Waals surface area (Å²) in [6.45, 7) is 0.170. The molecule has 8 heteroatoms. The smallest absolute Gasteiger partial charge is 0.276 e. The average molecular weight is 383 g/mol. The van der Waals surface area contributed by atoms with Crippen molar-refractivity contribution >= 4 is 32.2 Å². The van der Waals surface area contributed by atoms with Gasteiger partial charge >= 0.3 is 0 Å². The van der Waals surface area contributed by atoms with Gasteiger partial charge in [0.25, 0.3) is 10.0 Å². The third-order valence-electron chi connectivity index (χ3n) is 2.92. The van der Waals surface area contributed by atoms with Crippen LogP contribution in [0.5, 0.6) is 11.5 Å². The second-order valence-corrected chi connectivity index (χ2v) is 6.91. The lowest BCUT2D eigenvalue weighted by Crippen LogP contribution is -2.18. The van der Waals surface area contributed by atoms with Crippen molar-refractivity contribution < 1.29 is 17.9 Å². The lowest BCUT2D eigenvalue weighted by molar-refractivity contribution is 0.174. The van der Waals surface area contributed by atoms with Crippen LogP contribution in [-0.2, 0) is 10.0 Å². The zero-order chi connectivity index (χ0) is 15.6. The molecule has 0 fully saturated rings. The Hall–Kier alpha value is -2.06. The standard InChI is InChI=1S/C14H11BrN2O4S/c15-12-7-14-13(20-9-21-14)6-10(12)8-16-17-22(18,19)11-4-2-1-3-5-11/h1-8,17H,9H2. The summed E-state index contributed by atoms with van der Waals surface area (Å²) in [5.41, 5.74) is 0.667. The van der Waals surface area contributed by atoms with Crippen LogP contribution < -0.4 is 14.3 Å². The first-order valence-electron chi connectivity index (χ1n) is 6.25. The minimum absolute atomic E-state index is 0.150. The molecule has 0 saturated heterocycles. The highest BCUT2D eigenvalue weighted by molar-refractivity contribution is 9.10. The number of hydrazone groups is 1. The van der Waals surface area contributed by atoms with Crippen molar-refractivity contribution in [1.82, 2.24) is 4.83 Å². The molecule has 6 nitrogen and oxygen atoms in total. The van der Waals surface area contributed by atoms with Gasteiger partial charge in [0.05, 0.1) is 11.1 Å². The van der Waals surface area contributed by atoms with E-state index >= 15 is 0 Å². The SMILES string of the molecule is O=S(=O)(NN=Cc1cc2c(cc1Br)OCO2)c1ccccc1. The fourth-order valence-corrected chi connectivity index (χ4v) is 3.09. The zero-order valence-corrected chi connectivity index (χ0v) is 13.6. The highest BCUT2D eigenvalue weighted by Crippen LogP contribution is 2.36.